The monoisotopic (exact) mass is 272 g/mol. The highest BCUT2D eigenvalue weighted by molar-refractivity contribution is 5.77. The molecule has 1 aliphatic carbocycles. The zero-order valence-corrected chi connectivity index (χ0v) is 12.0. The molecule has 20 heavy (non-hydrogen) atoms. The minimum Gasteiger partial charge on any atom is -0.356 e. The Hall–Kier alpha value is -1.35. The van der Waals surface area contributed by atoms with Crippen LogP contribution in [-0.2, 0) is 11.2 Å². The van der Waals surface area contributed by atoms with Gasteiger partial charge in [0.25, 0.3) is 0 Å². The van der Waals surface area contributed by atoms with E-state index in [0.717, 1.165) is 32.5 Å². The van der Waals surface area contributed by atoms with Gasteiger partial charge in [-0.25, -0.2) is 0 Å². The van der Waals surface area contributed by atoms with Crippen molar-refractivity contribution in [1.29, 1.82) is 0 Å². The first-order chi connectivity index (χ1) is 9.83. The fraction of sp³-hybridized carbons (Fsp3) is 0.588. The molecule has 1 amide bonds. The number of amides is 1. The third kappa shape index (κ3) is 3.21. The van der Waals surface area contributed by atoms with Gasteiger partial charge in [-0.2, -0.15) is 0 Å². The lowest BCUT2D eigenvalue weighted by Crippen LogP contribution is -2.36. The van der Waals surface area contributed by atoms with E-state index >= 15 is 0 Å². The van der Waals surface area contributed by atoms with Gasteiger partial charge in [-0.3, -0.25) is 4.79 Å². The number of piperidine rings is 1. The van der Waals surface area contributed by atoms with Crippen LogP contribution in [0.3, 0.4) is 0 Å². The lowest BCUT2D eigenvalue weighted by molar-refractivity contribution is -0.121. The zero-order chi connectivity index (χ0) is 13.8. The van der Waals surface area contributed by atoms with Crippen LogP contribution in [0, 0.1) is 5.92 Å². The Kier molecular flexibility index (Phi) is 4.36. The quantitative estimate of drug-likeness (QED) is 0.882. The number of rotatable bonds is 4. The molecule has 0 unspecified atom stereocenters. The maximum absolute atomic E-state index is 12.1. The number of benzene rings is 1. The van der Waals surface area contributed by atoms with Crippen molar-refractivity contribution in [3.63, 3.8) is 0 Å². The summed E-state index contributed by atoms with van der Waals surface area (Å²) < 4.78 is 0. The number of fused-ring (bicyclic) bond motifs is 1. The van der Waals surface area contributed by atoms with Gasteiger partial charge < -0.3 is 10.6 Å². The summed E-state index contributed by atoms with van der Waals surface area (Å²) in [6, 6.07) is 8.57. The average molecular weight is 272 g/mol. The molecule has 0 aromatic heterocycles. The number of carbonyl (C=O) groups excluding carboxylic acids is 1. The summed E-state index contributed by atoms with van der Waals surface area (Å²) in [5.74, 6) is 1.32. The van der Waals surface area contributed by atoms with E-state index in [0.29, 0.717) is 18.3 Å². The van der Waals surface area contributed by atoms with Crippen molar-refractivity contribution in [2.24, 2.45) is 5.92 Å². The maximum Gasteiger partial charge on any atom is 0.220 e. The van der Waals surface area contributed by atoms with Crippen molar-refractivity contribution in [3.8, 4) is 0 Å². The van der Waals surface area contributed by atoms with Crippen LogP contribution in [-0.4, -0.2) is 25.5 Å². The van der Waals surface area contributed by atoms with Crippen LogP contribution in [0.25, 0.3) is 0 Å². The molecule has 1 saturated heterocycles. The van der Waals surface area contributed by atoms with Gasteiger partial charge in [-0.15, -0.1) is 0 Å². The van der Waals surface area contributed by atoms with Gasteiger partial charge in [-0.05, 0) is 61.7 Å². The summed E-state index contributed by atoms with van der Waals surface area (Å²) in [6.07, 6.45) is 5.28. The van der Waals surface area contributed by atoms with Gasteiger partial charge in [0, 0.05) is 13.0 Å². The Morgan fingerprint density at radius 2 is 2.00 bits per heavy atom. The highest BCUT2D eigenvalue weighted by Crippen LogP contribution is 2.35. The van der Waals surface area contributed by atoms with E-state index in [9.17, 15) is 4.79 Å². The molecule has 3 rings (SSSR count). The minimum absolute atomic E-state index is 0.227. The second kappa shape index (κ2) is 6.40. The molecule has 2 N–H and O–H groups in total. The maximum atomic E-state index is 12.1. The Morgan fingerprint density at radius 1 is 1.20 bits per heavy atom. The molecular formula is C17H24N2O. The van der Waals surface area contributed by atoms with E-state index in [1.54, 1.807) is 0 Å². The van der Waals surface area contributed by atoms with Crippen molar-refractivity contribution in [2.75, 3.05) is 19.6 Å². The van der Waals surface area contributed by atoms with E-state index in [2.05, 4.69) is 34.9 Å². The topological polar surface area (TPSA) is 41.1 Å². The molecule has 1 aromatic carbocycles. The molecule has 0 spiro atoms. The summed E-state index contributed by atoms with van der Waals surface area (Å²) in [7, 11) is 0. The highest BCUT2D eigenvalue weighted by Gasteiger charge is 2.24. The van der Waals surface area contributed by atoms with Crippen LogP contribution in [0.15, 0.2) is 24.3 Å². The van der Waals surface area contributed by atoms with Crippen molar-refractivity contribution in [3.05, 3.63) is 35.4 Å². The fourth-order valence-corrected chi connectivity index (χ4v) is 3.50. The second-order valence-electron chi connectivity index (χ2n) is 6.14. The number of nitrogens with one attached hydrogen (secondary N) is 2. The molecule has 3 nitrogen and oxygen atoms in total. The number of hydrogen-bond acceptors (Lipinski definition) is 2. The molecule has 0 radical (unpaired) electrons. The molecule has 2 aliphatic rings. The van der Waals surface area contributed by atoms with Gasteiger partial charge in [-0.1, -0.05) is 24.3 Å². The molecule has 108 valence electrons. The van der Waals surface area contributed by atoms with Gasteiger partial charge >= 0.3 is 0 Å². The van der Waals surface area contributed by atoms with Crippen LogP contribution in [0.5, 0.6) is 0 Å². The molecule has 0 saturated carbocycles. The Balaban J connectivity index is 1.47. The standard InChI is InChI=1S/C17H24N2O/c20-17(19-12-13-7-9-18-10-8-13)11-15-6-5-14-3-1-2-4-16(14)15/h1-4,13,15,18H,5-12H2,(H,19,20)/t15-/m0/s1. The Morgan fingerprint density at radius 3 is 2.85 bits per heavy atom. The molecule has 0 bridgehead atoms. The first kappa shape index (κ1) is 13.6. The van der Waals surface area contributed by atoms with Gasteiger partial charge in [0.15, 0.2) is 0 Å². The Bertz CT molecular complexity index is 466. The van der Waals surface area contributed by atoms with Crippen molar-refractivity contribution >= 4 is 5.91 Å². The SMILES string of the molecule is O=C(C[C@@H]1CCc2ccccc21)NCC1CCNCC1. The van der Waals surface area contributed by atoms with Crippen LogP contribution in [0.1, 0.15) is 42.7 Å². The third-order valence-electron chi connectivity index (χ3n) is 4.74. The van der Waals surface area contributed by atoms with Gasteiger partial charge in [0.1, 0.15) is 0 Å². The third-order valence-corrected chi connectivity index (χ3v) is 4.74. The lowest BCUT2D eigenvalue weighted by Gasteiger charge is -2.23. The van der Waals surface area contributed by atoms with Crippen molar-refractivity contribution in [2.45, 2.75) is 38.0 Å². The van der Waals surface area contributed by atoms with Crippen molar-refractivity contribution in [1.82, 2.24) is 10.6 Å². The lowest BCUT2D eigenvalue weighted by atomic mass is 9.96. The second-order valence-corrected chi connectivity index (χ2v) is 6.14. The predicted octanol–water partition coefficient (Wildman–Crippen LogP) is 2.22. The van der Waals surface area contributed by atoms with E-state index in [4.69, 9.17) is 0 Å². The van der Waals surface area contributed by atoms with E-state index in [-0.39, 0.29) is 5.91 Å². The fourth-order valence-electron chi connectivity index (χ4n) is 3.50. The average Bonchev–Trinajstić information content (AvgIpc) is 2.90. The molecule has 1 aliphatic heterocycles. The summed E-state index contributed by atoms with van der Waals surface area (Å²) in [6.45, 7) is 3.04. The molecular weight excluding hydrogens is 248 g/mol. The van der Waals surface area contributed by atoms with Crippen molar-refractivity contribution < 1.29 is 4.79 Å². The largest absolute Gasteiger partial charge is 0.356 e. The molecule has 1 aromatic rings. The molecule has 3 heteroatoms. The molecule has 1 heterocycles. The zero-order valence-electron chi connectivity index (χ0n) is 12.0. The summed E-state index contributed by atoms with van der Waals surface area (Å²) in [5, 5.41) is 6.50. The van der Waals surface area contributed by atoms with E-state index < -0.39 is 0 Å². The van der Waals surface area contributed by atoms with Gasteiger partial charge in [0.05, 0.1) is 0 Å². The van der Waals surface area contributed by atoms with Gasteiger partial charge in [0.2, 0.25) is 5.91 Å². The number of aryl methyl sites for hydroxylation is 1. The van der Waals surface area contributed by atoms with Crippen LogP contribution in [0.4, 0.5) is 0 Å². The van der Waals surface area contributed by atoms with Crippen LogP contribution < -0.4 is 10.6 Å². The van der Waals surface area contributed by atoms with E-state index in [1.165, 1.54) is 24.0 Å². The van der Waals surface area contributed by atoms with Crippen LogP contribution in [0.2, 0.25) is 0 Å². The highest BCUT2D eigenvalue weighted by atomic mass is 16.1. The normalized spacial score (nSPS) is 22.5. The smallest absolute Gasteiger partial charge is 0.220 e. The predicted molar refractivity (Wildman–Crippen MR) is 80.7 cm³/mol. The summed E-state index contributed by atoms with van der Waals surface area (Å²) >= 11 is 0. The molecule has 1 atom stereocenters. The Labute approximate surface area is 121 Å². The van der Waals surface area contributed by atoms with E-state index in [1.807, 2.05) is 0 Å². The summed E-state index contributed by atoms with van der Waals surface area (Å²) in [5.41, 5.74) is 2.83. The number of carbonyl (C=O) groups is 1. The number of hydrogen-bond donors (Lipinski definition) is 2. The minimum atomic E-state index is 0.227. The molecule has 1 fully saturated rings. The first-order valence-electron chi connectivity index (χ1n) is 7.88. The summed E-state index contributed by atoms with van der Waals surface area (Å²) in [4.78, 5) is 12.1. The van der Waals surface area contributed by atoms with Crippen LogP contribution >= 0.6 is 0 Å². The first-order valence-corrected chi connectivity index (χ1v) is 7.88.